The number of hydrogen-bond donors (Lipinski definition) is 2. The molecule has 0 aromatic carbocycles. The van der Waals surface area contributed by atoms with E-state index in [4.69, 9.17) is 10.8 Å². The normalized spacial score (nSPS) is 35.7. The highest BCUT2D eigenvalue weighted by atomic mass is 16.2. The largest absolute Gasteiger partial charge is 0.396 e. The van der Waals surface area contributed by atoms with Crippen LogP contribution in [0.2, 0.25) is 0 Å². The first kappa shape index (κ1) is 15.3. The summed E-state index contributed by atoms with van der Waals surface area (Å²) in [5, 5.41) is 9.01. The third-order valence-electron chi connectivity index (χ3n) is 5.47. The van der Waals surface area contributed by atoms with Crippen LogP contribution in [0.25, 0.3) is 0 Å². The van der Waals surface area contributed by atoms with Crippen molar-refractivity contribution < 1.29 is 5.11 Å². The maximum absolute atomic E-state index is 9.01. The molecular weight excluding hydrogens is 236 g/mol. The van der Waals surface area contributed by atoms with Crippen molar-refractivity contribution in [1.29, 1.82) is 0 Å². The molecule has 112 valence electrons. The van der Waals surface area contributed by atoms with Crippen LogP contribution in [-0.4, -0.2) is 41.8 Å². The van der Waals surface area contributed by atoms with Crippen molar-refractivity contribution in [2.24, 2.45) is 17.1 Å². The van der Waals surface area contributed by atoms with Crippen LogP contribution in [0.5, 0.6) is 0 Å². The minimum Gasteiger partial charge on any atom is -0.396 e. The van der Waals surface area contributed by atoms with Gasteiger partial charge in [0.25, 0.3) is 0 Å². The van der Waals surface area contributed by atoms with Crippen LogP contribution in [0.1, 0.15) is 58.8 Å². The van der Waals surface area contributed by atoms with E-state index in [-0.39, 0.29) is 0 Å². The van der Waals surface area contributed by atoms with E-state index in [0.717, 1.165) is 12.8 Å². The summed E-state index contributed by atoms with van der Waals surface area (Å²) in [4.78, 5) is 2.65. The van der Waals surface area contributed by atoms with Crippen LogP contribution in [0.15, 0.2) is 0 Å². The Morgan fingerprint density at radius 1 is 1.26 bits per heavy atom. The van der Waals surface area contributed by atoms with Gasteiger partial charge >= 0.3 is 0 Å². The second-order valence-corrected chi connectivity index (χ2v) is 7.32. The molecule has 3 heteroatoms. The smallest absolute Gasteiger partial charge is 0.0431 e. The average Bonchev–Trinajstić information content (AvgIpc) is 2.80. The molecular formula is C16H32N2O. The molecule has 2 fully saturated rings. The number of rotatable bonds is 5. The van der Waals surface area contributed by atoms with E-state index in [1.54, 1.807) is 0 Å². The minimum atomic E-state index is 0.309. The van der Waals surface area contributed by atoms with Gasteiger partial charge in [-0.15, -0.1) is 0 Å². The number of hydrogen-bond acceptors (Lipinski definition) is 3. The summed E-state index contributed by atoms with van der Waals surface area (Å²) in [7, 11) is 0. The Morgan fingerprint density at radius 2 is 2.05 bits per heavy atom. The van der Waals surface area contributed by atoms with Gasteiger partial charge in [0.2, 0.25) is 0 Å². The van der Waals surface area contributed by atoms with Gasteiger partial charge in [0.05, 0.1) is 0 Å². The Bertz CT molecular complexity index is 280. The molecule has 0 amide bonds. The van der Waals surface area contributed by atoms with E-state index in [1.165, 1.54) is 45.2 Å². The van der Waals surface area contributed by atoms with Gasteiger partial charge in [0.1, 0.15) is 0 Å². The Morgan fingerprint density at radius 3 is 2.79 bits per heavy atom. The molecule has 1 aliphatic carbocycles. The lowest BCUT2D eigenvalue weighted by molar-refractivity contribution is 0.0943. The number of aliphatic hydroxyl groups excluding tert-OH is 1. The maximum Gasteiger partial charge on any atom is 0.0431 e. The molecule has 3 atom stereocenters. The van der Waals surface area contributed by atoms with Crippen molar-refractivity contribution in [1.82, 2.24) is 4.90 Å². The van der Waals surface area contributed by atoms with Crippen LogP contribution in [0, 0.1) is 11.3 Å². The molecule has 0 bridgehead atoms. The van der Waals surface area contributed by atoms with Gasteiger partial charge in [-0.3, -0.25) is 0 Å². The predicted molar refractivity (Wildman–Crippen MR) is 80.0 cm³/mol. The minimum absolute atomic E-state index is 0.309. The van der Waals surface area contributed by atoms with Gasteiger partial charge < -0.3 is 15.7 Å². The monoisotopic (exact) mass is 268 g/mol. The van der Waals surface area contributed by atoms with E-state index >= 15 is 0 Å². The molecule has 0 radical (unpaired) electrons. The van der Waals surface area contributed by atoms with E-state index < -0.39 is 0 Å². The van der Waals surface area contributed by atoms with Crippen LogP contribution >= 0.6 is 0 Å². The zero-order valence-electron chi connectivity index (χ0n) is 12.8. The van der Waals surface area contributed by atoms with Crippen molar-refractivity contribution >= 4 is 0 Å². The standard InChI is InChI=1S/C16H32N2O/c1-16(2)9-3-6-13(15(16)17)12-18-10-4-7-14(18)8-5-11-19/h13-15,19H,3-12,17H2,1-2H3. The molecule has 19 heavy (non-hydrogen) atoms. The van der Waals surface area contributed by atoms with Gasteiger partial charge in [-0.2, -0.15) is 0 Å². The van der Waals surface area contributed by atoms with Crippen molar-refractivity contribution in [3.63, 3.8) is 0 Å². The van der Waals surface area contributed by atoms with E-state index in [1.807, 2.05) is 0 Å². The zero-order valence-corrected chi connectivity index (χ0v) is 12.8. The maximum atomic E-state index is 9.01. The van der Waals surface area contributed by atoms with Crippen LogP contribution in [0.3, 0.4) is 0 Å². The fraction of sp³-hybridized carbons (Fsp3) is 1.00. The third-order valence-corrected chi connectivity index (χ3v) is 5.47. The molecule has 1 aliphatic heterocycles. The first-order valence-electron chi connectivity index (χ1n) is 8.15. The van der Waals surface area contributed by atoms with Crippen molar-refractivity contribution in [2.75, 3.05) is 19.7 Å². The van der Waals surface area contributed by atoms with E-state index in [2.05, 4.69) is 18.7 Å². The molecule has 1 saturated carbocycles. The fourth-order valence-electron chi connectivity index (χ4n) is 4.10. The molecule has 3 unspecified atom stereocenters. The summed E-state index contributed by atoms with van der Waals surface area (Å²) < 4.78 is 0. The lowest BCUT2D eigenvalue weighted by Crippen LogP contribution is -2.50. The molecule has 1 heterocycles. The first-order chi connectivity index (χ1) is 9.04. The van der Waals surface area contributed by atoms with Crippen molar-refractivity contribution in [3.8, 4) is 0 Å². The van der Waals surface area contributed by atoms with E-state index in [0.29, 0.717) is 30.0 Å². The summed E-state index contributed by atoms with van der Waals surface area (Å²) in [5.74, 6) is 0.665. The zero-order chi connectivity index (χ0) is 13.9. The van der Waals surface area contributed by atoms with Gasteiger partial charge in [0.15, 0.2) is 0 Å². The number of nitrogens with two attached hydrogens (primary N) is 1. The fourth-order valence-corrected chi connectivity index (χ4v) is 4.10. The van der Waals surface area contributed by atoms with Gasteiger partial charge in [0, 0.05) is 25.2 Å². The van der Waals surface area contributed by atoms with Crippen molar-refractivity contribution in [2.45, 2.75) is 70.9 Å². The van der Waals surface area contributed by atoms with Gasteiger partial charge in [-0.1, -0.05) is 20.3 Å². The van der Waals surface area contributed by atoms with Crippen molar-refractivity contribution in [3.05, 3.63) is 0 Å². The molecule has 2 aliphatic rings. The summed E-state index contributed by atoms with van der Waals surface area (Å²) in [6.07, 6.45) is 8.64. The molecule has 1 saturated heterocycles. The number of nitrogens with zero attached hydrogens (tertiary/aromatic N) is 1. The lowest BCUT2D eigenvalue weighted by atomic mass is 9.68. The Hall–Kier alpha value is -0.120. The van der Waals surface area contributed by atoms with Gasteiger partial charge in [-0.25, -0.2) is 0 Å². The number of likely N-dealkylation sites (tertiary alicyclic amines) is 1. The predicted octanol–water partition coefficient (Wildman–Crippen LogP) is 2.38. The third kappa shape index (κ3) is 3.71. The van der Waals surface area contributed by atoms with E-state index in [9.17, 15) is 0 Å². The Labute approximate surface area is 118 Å². The summed E-state index contributed by atoms with van der Waals surface area (Å²) in [5.41, 5.74) is 6.82. The number of aliphatic hydroxyl groups is 1. The molecule has 3 nitrogen and oxygen atoms in total. The molecule has 0 aromatic rings. The van der Waals surface area contributed by atoms with Crippen LogP contribution in [-0.2, 0) is 0 Å². The molecule has 0 aromatic heterocycles. The topological polar surface area (TPSA) is 49.5 Å². The van der Waals surface area contributed by atoms with Crippen LogP contribution < -0.4 is 5.73 Å². The second-order valence-electron chi connectivity index (χ2n) is 7.32. The highest BCUT2D eigenvalue weighted by molar-refractivity contribution is 4.93. The Kier molecular flexibility index (Phi) is 5.27. The van der Waals surface area contributed by atoms with Crippen LogP contribution in [0.4, 0.5) is 0 Å². The highest BCUT2D eigenvalue weighted by Crippen LogP contribution is 2.38. The average molecular weight is 268 g/mol. The quantitative estimate of drug-likeness (QED) is 0.805. The summed E-state index contributed by atoms with van der Waals surface area (Å²) in [6, 6.07) is 1.05. The first-order valence-corrected chi connectivity index (χ1v) is 8.15. The molecule has 2 rings (SSSR count). The lowest BCUT2D eigenvalue weighted by Gasteiger charge is -2.44. The highest BCUT2D eigenvalue weighted by Gasteiger charge is 2.38. The summed E-state index contributed by atoms with van der Waals surface area (Å²) in [6.45, 7) is 7.41. The molecule has 0 spiro atoms. The summed E-state index contributed by atoms with van der Waals surface area (Å²) >= 11 is 0. The SMILES string of the molecule is CC1(C)CCCC(CN2CCCC2CCCO)C1N. The van der Waals surface area contributed by atoms with Gasteiger partial charge in [-0.05, 0) is 56.4 Å². The molecule has 3 N–H and O–H groups in total. The second kappa shape index (κ2) is 6.55. The Balaban J connectivity index is 1.88.